The Bertz CT molecular complexity index is 7350. The average Bonchev–Trinajstić information content (AvgIpc) is 1.59. The van der Waals surface area contributed by atoms with Gasteiger partial charge in [0.15, 0.2) is 22.8 Å². The van der Waals surface area contributed by atoms with Crippen molar-refractivity contribution in [2.24, 2.45) is 0 Å². The van der Waals surface area contributed by atoms with E-state index in [0.717, 1.165) is 139 Å². The van der Waals surface area contributed by atoms with Gasteiger partial charge in [-0.1, -0.05) is 309 Å². The van der Waals surface area contributed by atoms with Crippen molar-refractivity contribution in [3.05, 3.63) is 400 Å². The first-order valence-electron chi connectivity index (χ1n) is 37.8. The van der Waals surface area contributed by atoms with E-state index in [0.29, 0.717) is 22.8 Å². The zero-order valence-electron chi connectivity index (χ0n) is 60.6. The molecular formula is C104H66N6O2. The third-order valence-corrected chi connectivity index (χ3v) is 21.6. The molecule has 0 amide bonds. The second kappa shape index (κ2) is 27.6. The molecule has 0 atom stereocenters. The second-order valence-electron chi connectivity index (χ2n) is 28.3. The van der Waals surface area contributed by atoms with Crippen molar-refractivity contribution >= 4 is 87.7 Å². The minimum Gasteiger partial charge on any atom is -0.452 e. The molecule has 22 rings (SSSR count). The number of benzene rings is 16. The third kappa shape index (κ3) is 11.5. The number of fused-ring (bicyclic) bond motifs is 12. The molecule has 0 radical (unpaired) electrons. The van der Waals surface area contributed by atoms with Gasteiger partial charge in [-0.15, -0.1) is 0 Å². The molecule has 6 heterocycles. The molecule has 0 spiro atoms. The molecule has 8 nitrogen and oxygen atoms in total. The van der Waals surface area contributed by atoms with E-state index in [1.54, 1.807) is 0 Å². The predicted octanol–water partition coefficient (Wildman–Crippen LogP) is 27.6. The van der Waals surface area contributed by atoms with Crippen LogP contribution < -0.4 is 0 Å². The molecule has 0 fully saturated rings. The second-order valence-corrected chi connectivity index (χ2v) is 28.3. The van der Waals surface area contributed by atoms with Gasteiger partial charge in [-0.2, -0.15) is 0 Å². The molecule has 0 saturated heterocycles. The Balaban J connectivity index is 0.000000141. The molecule has 6 aromatic heterocycles. The summed E-state index contributed by atoms with van der Waals surface area (Å²) >= 11 is 0. The van der Waals surface area contributed by atoms with Gasteiger partial charge in [-0.25, -0.2) is 19.9 Å². The number of furan rings is 2. The van der Waals surface area contributed by atoms with Crippen molar-refractivity contribution in [1.82, 2.24) is 29.1 Å². The Kier molecular flexibility index (Phi) is 16.1. The zero-order valence-corrected chi connectivity index (χ0v) is 60.6. The van der Waals surface area contributed by atoms with Gasteiger partial charge in [0, 0.05) is 55.2 Å². The van der Waals surface area contributed by atoms with Crippen LogP contribution in [0.25, 0.3) is 211 Å². The molecule has 0 saturated carbocycles. The number of aromatic nitrogens is 6. The Morgan fingerprint density at radius 3 is 1.01 bits per heavy atom. The minimum absolute atomic E-state index is 0.658. The molecule has 22 aromatic rings. The maximum atomic E-state index is 6.77. The highest BCUT2D eigenvalue weighted by molar-refractivity contribution is 6.18. The fourth-order valence-electron chi connectivity index (χ4n) is 16.5. The Labute approximate surface area is 645 Å². The lowest BCUT2D eigenvalue weighted by molar-refractivity contribution is 0.667. The fraction of sp³-hybridized carbons (Fsp3) is 0. The van der Waals surface area contributed by atoms with E-state index < -0.39 is 0 Å². The molecule has 0 unspecified atom stereocenters. The molecule has 112 heavy (non-hydrogen) atoms. The van der Waals surface area contributed by atoms with Crippen LogP contribution in [0.5, 0.6) is 0 Å². The molecule has 0 N–H and O–H groups in total. The van der Waals surface area contributed by atoms with E-state index in [9.17, 15) is 0 Å². The van der Waals surface area contributed by atoms with E-state index >= 15 is 0 Å². The van der Waals surface area contributed by atoms with Gasteiger partial charge in [-0.05, 0) is 158 Å². The lowest BCUT2D eigenvalue weighted by Crippen LogP contribution is -1.94. The Morgan fingerprint density at radius 2 is 0.518 bits per heavy atom. The number of hydrogen-bond acceptors (Lipinski definition) is 6. The quantitative estimate of drug-likeness (QED) is 0.121. The minimum atomic E-state index is 0.658. The fourth-order valence-corrected chi connectivity index (χ4v) is 16.5. The van der Waals surface area contributed by atoms with E-state index in [1.807, 2.05) is 60.7 Å². The summed E-state index contributed by atoms with van der Waals surface area (Å²) in [6.45, 7) is 0. The van der Waals surface area contributed by atoms with Crippen LogP contribution in [0.3, 0.4) is 0 Å². The molecule has 0 aliphatic carbocycles. The number of para-hydroxylation sites is 4. The Hall–Kier alpha value is -15.1. The zero-order chi connectivity index (χ0) is 74.0. The van der Waals surface area contributed by atoms with E-state index in [-0.39, 0.29) is 0 Å². The number of rotatable bonds is 12. The summed E-state index contributed by atoms with van der Waals surface area (Å²) in [6, 6.07) is 141. The van der Waals surface area contributed by atoms with Gasteiger partial charge in [0.1, 0.15) is 33.6 Å². The molecule has 0 aliphatic rings. The van der Waals surface area contributed by atoms with Crippen molar-refractivity contribution in [3.8, 4) is 123 Å². The normalized spacial score (nSPS) is 11.6. The van der Waals surface area contributed by atoms with Crippen molar-refractivity contribution in [3.63, 3.8) is 0 Å². The highest BCUT2D eigenvalue weighted by Gasteiger charge is 2.25. The SMILES string of the molecule is c1ccc(-c2cccc(-c3nc(-c4ccccc4)nc4c3oc3cccc(-c5cccc(-c6ccc7c(c6)c6ccccc6n7-c6ccccc6)c5)c34)c2)cc1.c1ccc(-c2cccc(-c3nc(-c4ccccc4)nc4c3oc3cccc(-c5cccc(-c6cccc7c6c6ccccc6n7-c6ccccc6)c5)c34)c2)cc1. The van der Waals surface area contributed by atoms with Gasteiger partial charge in [0.05, 0.1) is 32.8 Å². The summed E-state index contributed by atoms with van der Waals surface area (Å²) in [5, 5.41) is 6.87. The molecule has 0 aliphatic heterocycles. The van der Waals surface area contributed by atoms with E-state index in [4.69, 9.17) is 28.8 Å². The van der Waals surface area contributed by atoms with Crippen LogP contribution in [0.2, 0.25) is 0 Å². The van der Waals surface area contributed by atoms with Gasteiger partial charge >= 0.3 is 0 Å². The average molecular weight is 1430 g/mol. The van der Waals surface area contributed by atoms with Crippen molar-refractivity contribution in [2.45, 2.75) is 0 Å². The van der Waals surface area contributed by atoms with E-state index in [1.165, 1.54) is 49.2 Å². The highest BCUT2D eigenvalue weighted by atomic mass is 16.3. The summed E-state index contributed by atoms with van der Waals surface area (Å²) in [5.41, 5.74) is 30.4. The summed E-state index contributed by atoms with van der Waals surface area (Å²) < 4.78 is 18.2. The largest absolute Gasteiger partial charge is 0.452 e. The monoisotopic (exact) mass is 1430 g/mol. The van der Waals surface area contributed by atoms with Gasteiger partial charge in [0.2, 0.25) is 0 Å². The maximum absolute atomic E-state index is 6.77. The van der Waals surface area contributed by atoms with Crippen LogP contribution in [0.4, 0.5) is 0 Å². The van der Waals surface area contributed by atoms with Crippen LogP contribution in [-0.2, 0) is 0 Å². The maximum Gasteiger partial charge on any atom is 0.180 e. The topological polar surface area (TPSA) is 87.7 Å². The van der Waals surface area contributed by atoms with Gasteiger partial charge < -0.3 is 18.0 Å². The smallest absolute Gasteiger partial charge is 0.180 e. The molecule has 524 valence electrons. The van der Waals surface area contributed by atoms with Crippen LogP contribution in [0.15, 0.2) is 409 Å². The van der Waals surface area contributed by atoms with Crippen molar-refractivity contribution in [2.75, 3.05) is 0 Å². The lowest BCUT2D eigenvalue weighted by atomic mass is 9.94. The first-order valence-corrected chi connectivity index (χ1v) is 37.8. The number of hydrogen-bond donors (Lipinski definition) is 0. The lowest BCUT2D eigenvalue weighted by Gasteiger charge is -2.11. The standard InChI is InChI=1S/2C52H33N3O/c1-4-16-34(17-5-1)36-20-12-23-39(32-36)49-51-50(54-52(53-49)35-18-6-2-7-19-35)48-42(28-15-31-46(48)56-51)38-22-13-21-37(33-38)41-27-14-30-45-47(41)43-26-10-11-29-44(43)55(45)40-24-8-3-9-25-40;1-4-15-34(16-5-1)36-19-13-22-40(32-36)49-51-50(54-52(53-49)35-17-6-2-7-18-35)48-42(26-14-28-47(48)56-51)39-21-12-20-37(31-39)38-29-30-46-44(33-38)43-25-10-11-27-45(43)55(46)41-23-8-3-9-24-41/h2*1-33H. The van der Waals surface area contributed by atoms with Crippen LogP contribution in [-0.4, -0.2) is 29.1 Å². The molecule has 8 heteroatoms. The van der Waals surface area contributed by atoms with Crippen molar-refractivity contribution < 1.29 is 8.83 Å². The summed E-state index contributed by atoms with van der Waals surface area (Å²) in [4.78, 5) is 20.9. The van der Waals surface area contributed by atoms with E-state index in [2.05, 4.69) is 349 Å². The van der Waals surface area contributed by atoms with Crippen LogP contribution >= 0.6 is 0 Å². The summed E-state index contributed by atoms with van der Waals surface area (Å²) in [7, 11) is 0. The predicted molar refractivity (Wildman–Crippen MR) is 462 cm³/mol. The summed E-state index contributed by atoms with van der Waals surface area (Å²) in [6.07, 6.45) is 0. The van der Waals surface area contributed by atoms with Crippen LogP contribution in [0, 0.1) is 0 Å². The highest BCUT2D eigenvalue weighted by Crippen LogP contribution is 2.46. The molecular weight excluding hydrogens is 1370 g/mol. The molecule has 0 bridgehead atoms. The van der Waals surface area contributed by atoms with Gasteiger partial charge in [-0.3, -0.25) is 0 Å². The number of nitrogens with zero attached hydrogens (tertiary/aromatic N) is 6. The molecule has 16 aromatic carbocycles. The van der Waals surface area contributed by atoms with Crippen LogP contribution in [0.1, 0.15) is 0 Å². The van der Waals surface area contributed by atoms with Crippen molar-refractivity contribution in [1.29, 1.82) is 0 Å². The first kappa shape index (κ1) is 65.2. The Morgan fingerprint density at radius 1 is 0.196 bits per heavy atom. The summed E-state index contributed by atoms with van der Waals surface area (Å²) in [5.74, 6) is 1.32. The third-order valence-electron chi connectivity index (χ3n) is 21.6. The van der Waals surface area contributed by atoms with Gasteiger partial charge in [0.25, 0.3) is 0 Å². The first-order chi connectivity index (χ1) is 55.5.